The summed E-state index contributed by atoms with van der Waals surface area (Å²) in [7, 11) is 1.56. The van der Waals surface area contributed by atoms with E-state index in [0.717, 1.165) is 11.3 Å². The topological polar surface area (TPSA) is 76.1 Å². The Kier molecular flexibility index (Phi) is 5.09. The predicted octanol–water partition coefficient (Wildman–Crippen LogP) is 2.05. The molecule has 0 aliphatic rings. The summed E-state index contributed by atoms with van der Waals surface area (Å²) >= 11 is 0. The first-order valence-electron chi connectivity index (χ1n) is 6.63. The average Bonchev–Trinajstić information content (AvgIpc) is 2.54. The van der Waals surface area contributed by atoms with Crippen LogP contribution in [0.15, 0.2) is 42.7 Å². The molecule has 1 atom stereocenters. The van der Waals surface area contributed by atoms with E-state index < -0.39 is 0 Å². The Morgan fingerprint density at radius 2 is 2.14 bits per heavy atom. The number of hydrogen-bond acceptors (Lipinski definition) is 4. The SMILES string of the molecule is COc1cc(CNC(=O)N[C@@H](C)c2ccccn2)ccn1. The third-order valence-corrected chi connectivity index (χ3v) is 2.94. The minimum atomic E-state index is -0.246. The van der Waals surface area contributed by atoms with E-state index in [1.807, 2.05) is 31.2 Å². The van der Waals surface area contributed by atoms with E-state index in [1.54, 1.807) is 25.6 Å². The second-order valence-electron chi connectivity index (χ2n) is 4.51. The van der Waals surface area contributed by atoms with Crippen molar-refractivity contribution in [2.45, 2.75) is 19.5 Å². The zero-order chi connectivity index (χ0) is 15.1. The normalized spacial score (nSPS) is 11.5. The number of hydrogen-bond donors (Lipinski definition) is 2. The summed E-state index contributed by atoms with van der Waals surface area (Å²) in [5, 5.41) is 5.63. The fraction of sp³-hybridized carbons (Fsp3) is 0.267. The highest BCUT2D eigenvalue weighted by Gasteiger charge is 2.09. The van der Waals surface area contributed by atoms with Gasteiger partial charge in [-0.1, -0.05) is 6.07 Å². The third kappa shape index (κ3) is 4.45. The molecular formula is C15H18N4O2. The predicted molar refractivity (Wildman–Crippen MR) is 78.8 cm³/mol. The first kappa shape index (κ1) is 14.8. The van der Waals surface area contributed by atoms with E-state index in [0.29, 0.717) is 12.4 Å². The second-order valence-corrected chi connectivity index (χ2v) is 4.51. The first-order chi connectivity index (χ1) is 10.2. The molecule has 6 heteroatoms. The highest BCUT2D eigenvalue weighted by atomic mass is 16.5. The van der Waals surface area contributed by atoms with Gasteiger partial charge in [0.2, 0.25) is 5.88 Å². The van der Waals surface area contributed by atoms with Crippen molar-refractivity contribution in [3.8, 4) is 5.88 Å². The number of aromatic nitrogens is 2. The van der Waals surface area contributed by atoms with E-state index in [4.69, 9.17) is 4.74 Å². The molecule has 0 radical (unpaired) electrons. The van der Waals surface area contributed by atoms with E-state index in [2.05, 4.69) is 20.6 Å². The molecule has 0 aliphatic heterocycles. The van der Waals surface area contributed by atoms with Crippen LogP contribution in [0.4, 0.5) is 4.79 Å². The van der Waals surface area contributed by atoms with Gasteiger partial charge in [0, 0.05) is 25.0 Å². The molecule has 0 spiro atoms. The number of methoxy groups -OCH3 is 1. The highest BCUT2D eigenvalue weighted by molar-refractivity contribution is 5.74. The molecule has 2 aromatic rings. The van der Waals surface area contributed by atoms with Gasteiger partial charge in [0.25, 0.3) is 0 Å². The number of nitrogens with one attached hydrogen (secondary N) is 2. The van der Waals surface area contributed by atoms with Crippen LogP contribution in [0.3, 0.4) is 0 Å². The molecule has 2 aromatic heterocycles. The molecule has 6 nitrogen and oxygen atoms in total. The molecule has 0 fully saturated rings. The molecular weight excluding hydrogens is 268 g/mol. The molecule has 2 rings (SSSR count). The van der Waals surface area contributed by atoms with Gasteiger partial charge in [0.1, 0.15) is 0 Å². The van der Waals surface area contributed by atoms with Gasteiger partial charge >= 0.3 is 6.03 Å². The Hall–Kier alpha value is -2.63. The van der Waals surface area contributed by atoms with Gasteiger partial charge in [0.15, 0.2) is 0 Å². The minimum absolute atomic E-state index is 0.154. The molecule has 0 saturated carbocycles. The summed E-state index contributed by atoms with van der Waals surface area (Å²) in [6.07, 6.45) is 3.35. The highest BCUT2D eigenvalue weighted by Crippen LogP contribution is 2.09. The van der Waals surface area contributed by atoms with Crippen LogP contribution in [0.2, 0.25) is 0 Å². The van der Waals surface area contributed by atoms with Crippen LogP contribution >= 0.6 is 0 Å². The summed E-state index contributed by atoms with van der Waals surface area (Å²) in [4.78, 5) is 20.1. The Morgan fingerprint density at radius 3 is 2.86 bits per heavy atom. The summed E-state index contributed by atoms with van der Waals surface area (Å²) in [5.41, 5.74) is 1.74. The summed E-state index contributed by atoms with van der Waals surface area (Å²) < 4.78 is 5.04. The minimum Gasteiger partial charge on any atom is -0.481 e. The van der Waals surface area contributed by atoms with E-state index in [-0.39, 0.29) is 12.1 Å². The smallest absolute Gasteiger partial charge is 0.315 e. The largest absolute Gasteiger partial charge is 0.481 e. The molecule has 110 valence electrons. The molecule has 2 heterocycles. The third-order valence-electron chi connectivity index (χ3n) is 2.94. The van der Waals surface area contributed by atoms with Gasteiger partial charge in [0.05, 0.1) is 18.8 Å². The van der Waals surface area contributed by atoms with E-state index >= 15 is 0 Å². The lowest BCUT2D eigenvalue weighted by atomic mass is 10.2. The molecule has 2 amide bonds. The zero-order valence-corrected chi connectivity index (χ0v) is 12.0. The van der Waals surface area contributed by atoms with E-state index in [1.165, 1.54) is 0 Å². The number of nitrogens with zero attached hydrogens (tertiary/aromatic N) is 2. The van der Waals surface area contributed by atoms with Gasteiger partial charge in [-0.15, -0.1) is 0 Å². The van der Waals surface area contributed by atoms with Crippen molar-refractivity contribution in [2.75, 3.05) is 7.11 Å². The molecule has 0 bridgehead atoms. The Labute approximate surface area is 123 Å². The fourth-order valence-corrected chi connectivity index (χ4v) is 1.81. The monoisotopic (exact) mass is 286 g/mol. The maximum atomic E-state index is 11.9. The van der Waals surface area contributed by atoms with Gasteiger partial charge in [-0.25, -0.2) is 9.78 Å². The number of ether oxygens (including phenoxy) is 1. The van der Waals surface area contributed by atoms with Crippen molar-refractivity contribution in [3.05, 3.63) is 54.0 Å². The fourth-order valence-electron chi connectivity index (χ4n) is 1.81. The number of rotatable bonds is 5. The molecule has 21 heavy (non-hydrogen) atoms. The number of amides is 2. The number of carbonyl (C=O) groups is 1. The molecule has 2 N–H and O–H groups in total. The number of carbonyl (C=O) groups excluding carboxylic acids is 1. The Balaban J connectivity index is 1.84. The van der Waals surface area contributed by atoms with Crippen LogP contribution in [0.1, 0.15) is 24.2 Å². The molecule has 0 unspecified atom stereocenters. The molecule has 0 aromatic carbocycles. The second kappa shape index (κ2) is 7.23. The molecule has 0 aliphatic carbocycles. The zero-order valence-electron chi connectivity index (χ0n) is 12.0. The van der Waals surface area contributed by atoms with Gasteiger partial charge in [-0.2, -0.15) is 0 Å². The van der Waals surface area contributed by atoms with Gasteiger partial charge < -0.3 is 15.4 Å². The average molecular weight is 286 g/mol. The van der Waals surface area contributed by atoms with Crippen LogP contribution in [0, 0.1) is 0 Å². The molecule has 0 saturated heterocycles. The van der Waals surface area contributed by atoms with Crippen LogP contribution in [-0.2, 0) is 6.54 Å². The van der Waals surface area contributed by atoms with Crippen LogP contribution in [0.5, 0.6) is 5.88 Å². The van der Waals surface area contributed by atoms with Crippen LogP contribution in [0.25, 0.3) is 0 Å². The van der Waals surface area contributed by atoms with Crippen molar-refractivity contribution in [3.63, 3.8) is 0 Å². The van der Waals surface area contributed by atoms with Gasteiger partial charge in [-0.3, -0.25) is 4.98 Å². The van der Waals surface area contributed by atoms with Gasteiger partial charge in [-0.05, 0) is 30.7 Å². The maximum absolute atomic E-state index is 11.9. The van der Waals surface area contributed by atoms with E-state index in [9.17, 15) is 4.79 Å². The Morgan fingerprint density at radius 1 is 1.29 bits per heavy atom. The van der Waals surface area contributed by atoms with Crippen molar-refractivity contribution >= 4 is 6.03 Å². The lowest BCUT2D eigenvalue weighted by Gasteiger charge is -2.14. The Bertz CT molecular complexity index is 589. The quantitative estimate of drug-likeness (QED) is 0.882. The van der Waals surface area contributed by atoms with Crippen LogP contribution in [-0.4, -0.2) is 23.1 Å². The summed E-state index contributed by atoms with van der Waals surface area (Å²) in [5.74, 6) is 0.525. The standard InChI is InChI=1S/C15H18N4O2/c1-11(13-5-3-4-7-16-13)19-15(20)18-10-12-6-8-17-14(9-12)21-2/h3-9,11H,10H2,1-2H3,(H2,18,19,20)/t11-/m0/s1. The maximum Gasteiger partial charge on any atom is 0.315 e. The summed E-state index contributed by atoms with van der Waals surface area (Å²) in [6, 6.07) is 8.81. The lowest BCUT2D eigenvalue weighted by Crippen LogP contribution is -2.36. The number of pyridine rings is 2. The number of urea groups is 1. The van der Waals surface area contributed by atoms with Crippen molar-refractivity contribution in [1.82, 2.24) is 20.6 Å². The van der Waals surface area contributed by atoms with Crippen molar-refractivity contribution < 1.29 is 9.53 Å². The summed E-state index contributed by atoms with van der Waals surface area (Å²) in [6.45, 7) is 2.29. The lowest BCUT2D eigenvalue weighted by molar-refractivity contribution is 0.237. The van der Waals surface area contributed by atoms with Crippen molar-refractivity contribution in [1.29, 1.82) is 0 Å². The van der Waals surface area contributed by atoms with Crippen LogP contribution < -0.4 is 15.4 Å². The van der Waals surface area contributed by atoms with Crippen molar-refractivity contribution in [2.24, 2.45) is 0 Å². The first-order valence-corrected chi connectivity index (χ1v) is 6.63.